The zero-order chi connectivity index (χ0) is 11.1. The fourth-order valence-electron chi connectivity index (χ4n) is 4.49. The van der Waals surface area contributed by atoms with Crippen molar-refractivity contribution in [3.63, 3.8) is 0 Å². The highest BCUT2D eigenvalue weighted by molar-refractivity contribution is 5.00. The average molecular weight is 223 g/mol. The van der Waals surface area contributed by atoms with Crippen molar-refractivity contribution in [2.45, 2.75) is 57.6 Å². The van der Waals surface area contributed by atoms with Gasteiger partial charge in [0.25, 0.3) is 0 Å². The van der Waals surface area contributed by atoms with Gasteiger partial charge in [-0.3, -0.25) is 0 Å². The van der Waals surface area contributed by atoms with Gasteiger partial charge in [-0.1, -0.05) is 13.3 Å². The number of fused-ring (bicyclic) bond motifs is 1. The predicted molar refractivity (Wildman–Crippen MR) is 65.1 cm³/mol. The van der Waals surface area contributed by atoms with E-state index in [-0.39, 0.29) is 6.10 Å². The fraction of sp³-hybridized carbons (Fsp3) is 1.00. The molecule has 1 aliphatic heterocycles. The van der Waals surface area contributed by atoms with Crippen LogP contribution < -0.4 is 5.32 Å². The number of aliphatic hydroxyl groups excluding tert-OH is 1. The summed E-state index contributed by atoms with van der Waals surface area (Å²) in [7, 11) is 0. The molecule has 0 bridgehead atoms. The van der Waals surface area contributed by atoms with Crippen LogP contribution in [0.5, 0.6) is 0 Å². The van der Waals surface area contributed by atoms with E-state index in [4.69, 9.17) is 0 Å². The van der Waals surface area contributed by atoms with E-state index in [9.17, 15) is 5.11 Å². The molecule has 16 heavy (non-hydrogen) atoms. The Kier molecular flexibility index (Phi) is 2.97. The Morgan fingerprint density at radius 1 is 1.06 bits per heavy atom. The molecule has 1 heterocycles. The first-order valence-corrected chi connectivity index (χ1v) is 7.17. The van der Waals surface area contributed by atoms with Gasteiger partial charge in [0.05, 0.1) is 6.10 Å². The maximum atomic E-state index is 10.2. The molecule has 2 N–H and O–H groups in total. The van der Waals surface area contributed by atoms with Crippen molar-refractivity contribution in [2.24, 2.45) is 23.7 Å². The van der Waals surface area contributed by atoms with Gasteiger partial charge in [-0.05, 0) is 56.4 Å². The molecular formula is C14H25NO. The van der Waals surface area contributed by atoms with Crippen LogP contribution in [0, 0.1) is 23.7 Å². The predicted octanol–water partition coefficient (Wildman–Crippen LogP) is 2.17. The molecule has 6 unspecified atom stereocenters. The second-order valence-corrected chi connectivity index (χ2v) is 6.44. The summed E-state index contributed by atoms with van der Waals surface area (Å²) in [4.78, 5) is 0. The SMILES string of the molecule is CC1CCC(O)C(C2NCC3CCCC32)C1. The van der Waals surface area contributed by atoms with Gasteiger partial charge >= 0.3 is 0 Å². The van der Waals surface area contributed by atoms with Crippen molar-refractivity contribution in [3.8, 4) is 0 Å². The molecule has 2 saturated carbocycles. The lowest BCUT2D eigenvalue weighted by molar-refractivity contribution is 0.0252. The molecule has 2 aliphatic carbocycles. The Bertz CT molecular complexity index is 255. The van der Waals surface area contributed by atoms with E-state index in [0.29, 0.717) is 12.0 Å². The normalized spacial score (nSPS) is 52.9. The highest BCUT2D eigenvalue weighted by Crippen LogP contribution is 2.44. The Morgan fingerprint density at radius 3 is 2.81 bits per heavy atom. The van der Waals surface area contributed by atoms with Crippen molar-refractivity contribution in [3.05, 3.63) is 0 Å². The van der Waals surface area contributed by atoms with Gasteiger partial charge in [-0.15, -0.1) is 0 Å². The summed E-state index contributed by atoms with van der Waals surface area (Å²) < 4.78 is 0. The first-order valence-electron chi connectivity index (χ1n) is 7.17. The van der Waals surface area contributed by atoms with E-state index in [1.807, 2.05) is 0 Å². The van der Waals surface area contributed by atoms with E-state index >= 15 is 0 Å². The van der Waals surface area contributed by atoms with Crippen molar-refractivity contribution in [1.82, 2.24) is 5.32 Å². The third kappa shape index (κ3) is 1.80. The summed E-state index contributed by atoms with van der Waals surface area (Å²) in [5.74, 6) is 3.16. The number of hydrogen-bond acceptors (Lipinski definition) is 2. The number of rotatable bonds is 1. The number of aliphatic hydroxyl groups is 1. The van der Waals surface area contributed by atoms with Gasteiger partial charge < -0.3 is 10.4 Å². The fourth-order valence-corrected chi connectivity index (χ4v) is 4.49. The van der Waals surface area contributed by atoms with Gasteiger partial charge in [0.1, 0.15) is 0 Å². The number of nitrogens with one attached hydrogen (secondary N) is 1. The molecular weight excluding hydrogens is 198 g/mol. The second-order valence-electron chi connectivity index (χ2n) is 6.44. The Labute approximate surface area is 98.8 Å². The molecule has 1 saturated heterocycles. The van der Waals surface area contributed by atoms with Crippen LogP contribution in [0.2, 0.25) is 0 Å². The van der Waals surface area contributed by atoms with E-state index in [1.54, 1.807) is 0 Å². The monoisotopic (exact) mass is 223 g/mol. The lowest BCUT2D eigenvalue weighted by Gasteiger charge is -2.37. The molecule has 0 amide bonds. The van der Waals surface area contributed by atoms with E-state index in [2.05, 4.69) is 12.2 Å². The first-order chi connectivity index (χ1) is 7.75. The standard InChI is InChI=1S/C14H25NO/c1-9-5-6-13(16)12(7-9)14-11-4-2-3-10(11)8-15-14/h9-16H,2-8H2,1H3. The quantitative estimate of drug-likeness (QED) is 0.714. The minimum Gasteiger partial charge on any atom is -0.393 e. The molecule has 3 fully saturated rings. The lowest BCUT2D eigenvalue weighted by atomic mass is 9.73. The van der Waals surface area contributed by atoms with Gasteiger partial charge in [0.2, 0.25) is 0 Å². The van der Waals surface area contributed by atoms with E-state index < -0.39 is 0 Å². The highest BCUT2D eigenvalue weighted by atomic mass is 16.3. The molecule has 0 aromatic carbocycles. The molecule has 6 atom stereocenters. The summed E-state index contributed by atoms with van der Waals surface area (Å²) in [5, 5.41) is 13.9. The minimum absolute atomic E-state index is 0.0342. The van der Waals surface area contributed by atoms with Crippen LogP contribution >= 0.6 is 0 Å². The first kappa shape index (κ1) is 11.0. The highest BCUT2D eigenvalue weighted by Gasteiger charge is 2.45. The van der Waals surface area contributed by atoms with E-state index in [0.717, 1.165) is 24.2 Å². The summed E-state index contributed by atoms with van der Waals surface area (Å²) in [5.41, 5.74) is 0. The van der Waals surface area contributed by atoms with Gasteiger partial charge in [0, 0.05) is 12.0 Å². The van der Waals surface area contributed by atoms with Gasteiger partial charge in [-0.2, -0.15) is 0 Å². The van der Waals surface area contributed by atoms with Crippen molar-refractivity contribution in [2.75, 3.05) is 6.54 Å². The second kappa shape index (κ2) is 4.30. The zero-order valence-corrected chi connectivity index (χ0v) is 10.4. The third-order valence-corrected chi connectivity index (χ3v) is 5.38. The van der Waals surface area contributed by atoms with Crippen LogP contribution in [0.1, 0.15) is 45.4 Å². The Morgan fingerprint density at radius 2 is 1.94 bits per heavy atom. The summed E-state index contributed by atoms with van der Waals surface area (Å²) in [6, 6.07) is 0.630. The average Bonchev–Trinajstić information content (AvgIpc) is 2.83. The Balaban J connectivity index is 1.71. The summed E-state index contributed by atoms with van der Waals surface area (Å²) in [6.07, 6.45) is 7.70. The molecule has 2 heteroatoms. The van der Waals surface area contributed by atoms with Gasteiger partial charge in [0.15, 0.2) is 0 Å². The topological polar surface area (TPSA) is 32.3 Å². The van der Waals surface area contributed by atoms with Crippen LogP contribution in [0.4, 0.5) is 0 Å². The van der Waals surface area contributed by atoms with Crippen molar-refractivity contribution in [1.29, 1.82) is 0 Å². The van der Waals surface area contributed by atoms with Crippen LogP contribution in [0.15, 0.2) is 0 Å². The van der Waals surface area contributed by atoms with Crippen LogP contribution in [-0.2, 0) is 0 Å². The molecule has 0 spiro atoms. The Hall–Kier alpha value is -0.0800. The molecule has 92 valence electrons. The maximum Gasteiger partial charge on any atom is 0.0583 e. The van der Waals surface area contributed by atoms with Gasteiger partial charge in [-0.25, -0.2) is 0 Å². The smallest absolute Gasteiger partial charge is 0.0583 e. The largest absolute Gasteiger partial charge is 0.393 e. The molecule has 3 aliphatic rings. The molecule has 0 aromatic rings. The zero-order valence-electron chi connectivity index (χ0n) is 10.4. The molecule has 0 aromatic heterocycles. The van der Waals surface area contributed by atoms with Crippen molar-refractivity contribution < 1.29 is 5.11 Å². The third-order valence-electron chi connectivity index (χ3n) is 5.38. The lowest BCUT2D eigenvalue weighted by Crippen LogP contribution is -2.44. The van der Waals surface area contributed by atoms with E-state index in [1.165, 1.54) is 38.6 Å². The van der Waals surface area contributed by atoms with Crippen LogP contribution in [-0.4, -0.2) is 23.8 Å². The molecule has 3 rings (SSSR count). The molecule has 0 radical (unpaired) electrons. The van der Waals surface area contributed by atoms with Crippen LogP contribution in [0.25, 0.3) is 0 Å². The summed E-state index contributed by atoms with van der Waals surface area (Å²) >= 11 is 0. The minimum atomic E-state index is -0.0342. The number of hydrogen-bond donors (Lipinski definition) is 2. The van der Waals surface area contributed by atoms with Crippen LogP contribution in [0.3, 0.4) is 0 Å². The van der Waals surface area contributed by atoms with Crippen molar-refractivity contribution >= 4 is 0 Å². The maximum absolute atomic E-state index is 10.2. The summed E-state index contributed by atoms with van der Waals surface area (Å²) in [6.45, 7) is 3.56. The molecule has 2 nitrogen and oxygen atoms in total.